The van der Waals surface area contributed by atoms with E-state index in [0.29, 0.717) is 5.92 Å². The van der Waals surface area contributed by atoms with Gasteiger partial charge in [-0.25, -0.2) is 9.79 Å². The van der Waals surface area contributed by atoms with E-state index in [1.807, 2.05) is 0 Å². The van der Waals surface area contributed by atoms with Crippen molar-refractivity contribution >= 4 is 28.9 Å². The number of nitrogens with zero attached hydrogens (tertiary/aromatic N) is 3. The third-order valence-corrected chi connectivity index (χ3v) is 5.05. The lowest BCUT2D eigenvalue weighted by Gasteiger charge is -2.36. The van der Waals surface area contributed by atoms with Crippen LogP contribution in [-0.4, -0.2) is 58.5 Å². The second-order valence-corrected chi connectivity index (χ2v) is 6.91. The fraction of sp³-hybridized carbons (Fsp3) is 0.786. The number of thioether (sulfide) groups is 1. The fourth-order valence-electron chi connectivity index (χ4n) is 2.43. The first kappa shape index (κ1) is 16.1. The average molecular weight is 312 g/mol. The number of rotatable bonds is 5. The molecular weight excluding hydrogens is 288 g/mol. The van der Waals surface area contributed by atoms with Crippen molar-refractivity contribution < 1.29 is 9.59 Å². The maximum Gasteiger partial charge on any atom is 0.325 e. The molecule has 0 aromatic rings. The first-order valence-corrected chi connectivity index (χ1v) is 8.49. The molecule has 0 spiro atoms. The Balaban J connectivity index is 2.20. The zero-order chi connectivity index (χ0) is 15.6. The minimum absolute atomic E-state index is 0.233. The van der Waals surface area contributed by atoms with Gasteiger partial charge in [0.1, 0.15) is 0 Å². The van der Waals surface area contributed by atoms with Crippen LogP contribution in [0.3, 0.4) is 0 Å². The molecule has 0 aromatic carbocycles. The average Bonchev–Trinajstić information content (AvgIpc) is 2.79. The molecule has 21 heavy (non-hydrogen) atoms. The molecule has 2 aliphatic heterocycles. The smallest absolute Gasteiger partial charge is 0.325 e. The van der Waals surface area contributed by atoms with Gasteiger partial charge in [-0.05, 0) is 12.3 Å². The molecule has 0 saturated carbocycles. The van der Waals surface area contributed by atoms with E-state index in [0.717, 1.165) is 30.3 Å². The number of amides is 3. The normalized spacial score (nSPS) is 25.3. The lowest BCUT2D eigenvalue weighted by Crippen LogP contribution is -2.63. The first-order chi connectivity index (χ1) is 9.95. The maximum absolute atomic E-state index is 12.2. The van der Waals surface area contributed by atoms with E-state index >= 15 is 0 Å². The van der Waals surface area contributed by atoms with E-state index < -0.39 is 6.17 Å². The SMILES string of the molecule is CCCCN1C(SCC(C)C)=NC2C1C(=O)NC(=O)N2C. The number of nitrogens with one attached hydrogen (secondary N) is 1. The van der Waals surface area contributed by atoms with Crippen molar-refractivity contribution in [1.29, 1.82) is 0 Å². The van der Waals surface area contributed by atoms with Crippen LogP contribution in [-0.2, 0) is 4.79 Å². The highest BCUT2D eigenvalue weighted by molar-refractivity contribution is 8.13. The molecule has 0 radical (unpaired) electrons. The summed E-state index contributed by atoms with van der Waals surface area (Å²) < 4.78 is 0. The van der Waals surface area contributed by atoms with Gasteiger partial charge < -0.3 is 9.80 Å². The molecule has 0 bridgehead atoms. The molecule has 2 rings (SSSR count). The van der Waals surface area contributed by atoms with Gasteiger partial charge in [-0.1, -0.05) is 39.0 Å². The number of urea groups is 1. The Morgan fingerprint density at radius 1 is 1.38 bits per heavy atom. The van der Waals surface area contributed by atoms with E-state index in [9.17, 15) is 9.59 Å². The van der Waals surface area contributed by atoms with Gasteiger partial charge in [0, 0.05) is 19.3 Å². The van der Waals surface area contributed by atoms with Gasteiger partial charge in [0.2, 0.25) is 0 Å². The number of unbranched alkanes of at least 4 members (excludes halogenated alkanes) is 1. The molecule has 118 valence electrons. The van der Waals surface area contributed by atoms with E-state index in [-0.39, 0.29) is 18.0 Å². The number of likely N-dealkylation sites (N-methyl/N-ethyl adjacent to an activating group) is 1. The number of imide groups is 1. The Hall–Kier alpha value is -1.24. The van der Waals surface area contributed by atoms with Crippen LogP contribution < -0.4 is 5.32 Å². The molecule has 0 aliphatic carbocycles. The Labute approximate surface area is 130 Å². The summed E-state index contributed by atoms with van der Waals surface area (Å²) in [5, 5.41) is 3.31. The number of amidine groups is 1. The number of carbonyl (C=O) groups excluding carboxylic acids is 2. The summed E-state index contributed by atoms with van der Waals surface area (Å²) in [6, 6.07) is -0.746. The third kappa shape index (κ3) is 3.33. The van der Waals surface area contributed by atoms with Gasteiger partial charge in [0.15, 0.2) is 17.4 Å². The topological polar surface area (TPSA) is 65.0 Å². The summed E-state index contributed by atoms with van der Waals surface area (Å²) in [4.78, 5) is 32.2. The zero-order valence-electron chi connectivity index (χ0n) is 13.1. The second kappa shape index (κ2) is 6.68. The molecule has 1 fully saturated rings. The predicted octanol–water partition coefficient (Wildman–Crippen LogP) is 1.72. The fourth-order valence-corrected chi connectivity index (χ4v) is 3.46. The number of carbonyl (C=O) groups is 2. The van der Waals surface area contributed by atoms with Crippen LogP contribution in [0.5, 0.6) is 0 Å². The van der Waals surface area contributed by atoms with Gasteiger partial charge in [-0.15, -0.1) is 0 Å². The minimum atomic E-state index is -0.391. The zero-order valence-corrected chi connectivity index (χ0v) is 13.9. The van der Waals surface area contributed by atoms with Crippen molar-refractivity contribution in [3.8, 4) is 0 Å². The molecule has 3 amide bonds. The highest BCUT2D eigenvalue weighted by Gasteiger charge is 2.48. The lowest BCUT2D eigenvalue weighted by atomic mass is 10.1. The summed E-state index contributed by atoms with van der Waals surface area (Å²) in [6.45, 7) is 7.25. The van der Waals surface area contributed by atoms with Crippen LogP contribution in [0.25, 0.3) is 0 Å². The molecule has 2 unspecified atom stereocenters. The van der Waals surface area contributed by atoms with E-state index in [4.69, 9.17) is 0 Å². The van der Waals surface area contributed by atoms with Gasteiger partial charge in [0.05, 0.1) is 0 Å². The monoisotopic (exact) mass is 312 g/mol. The van der Waals surface area contributed by atoms with E-state index in [2.05, 4.69) is 36.0 Å². The van der Waals surface area contributed by atoms with Crippen molar-refractivity contribution in [2.45, 2.75) is 45.8 Å². The number of hydrogen-bond acceptors (Lipinski definition) is 5. The number of aliphatic imine (C=N–C) groups is 1. The summed E-state index contributed by atoms with van der Waals surface area (Å²) in [5.74, 6) is 1.28. The van der Waals surface area contributed by atoms with Gasteiger partial charge in [-0.2, -0.15) is 0 Å². The quantitative estimate of drug-likeness (QED) is 0.839. The molecule has 7 heteroatoms. The standard InChI is InChI=1S/C14H24N4O2S/c1-5-6-7-18-10-11(15-14(18)21-8-9(2)3)17(4)13(20)16-12(10)19/h9-11H,5-8H2,1-4H3,(H,16,19,20). The van der Waals surface area contributed by atoms with Crippen LogP contribution in [0.2, 0.25) is 0 Å². The molecule has 0 aromatic heterocycles. The predicted molar refractivity (Wildman–Crippen MR) is 85.2 cm³/mol. The summed E-state index contributed by atoms with van der Waals surface area (Å²) >= 11 is 1.68. The third-order valence-electron chi connectivity index (χ3n) is 3.62. The molecule has 2 aliphatic rings. The number of hydrogen-bond donors (Lipinski definition) is 1. The highest BCUT2D eigenvalue weighted by Crippen LogP contribution is 2.29. The van der Waals surface area contributed by atoms with Crippen molar-refractivity contribution in [3.63, 3.8) is 0 Å². The van der Waals surface area contributed by atoms with Crippen molar-refractivity contribution in [2.75, 3.05) is 19.3 Å². The Kier molecular flexibility index (Phi) is 5.13. The van der Waals surface area contributed by atoms with E-state index in [1.54, 1.807) is 18.8 Å². The van der Waals surface area contributed by atoms with Crippen LogP contribution in [0.4, 0.5) is 4.79 Å². The summed E-state index contributed by atoms with van der Waals surface area (Å²) in [5.41, 5.74) is 0. The second-order valence-electron chi connectivity index (χ2n) is 5.93. The molecule has 1 saturated heterocycles. The largest absolute Gasteiger partial charge is 0.336 e. The highest BCUT2D eigenvalue weighted by atomic mass is 32.2. The van der Waals surface area contributed by atoms with Gasteiger partial charge >= 0.3 is 6.03 Å². The Morgan fingerprint density at radius 3 is 2.71 bits per heavy atom. The first-order valence-electron chi connectivity index (χ1n) is 7.50. The lowest BCUT2D eigenvalue weighted by molar-refractivity contribution is -0.127. The van der Waals surface area contributed by atoms with E-state index in [1.165, 1.54) is 4.90 Å². The maximum atomic E-state index is 12.2. The molecule has 2 heterocycles. The van der Waals surface area contributed by atoms with Gasteiger partial charge in [0.25, 0.3) is 5.91 Å². The van der Waals surface area contributed by atoms with Crippen LogP contribution >= 0.6 is 11.8 Å². The molecule has 1 N–H and O–H groups in total. The van der Waals surface area contributed by atoms with Crippen LogP contribution in [0.1, 0.15) is 33.6 Å². The van der Waals surface area contributed by atoms with Crippen molar-refractivity contribution in [1.82, 2.24) is 15.1 Å². The summed E-state index contributed by atoms with van der Waals surface area (Å²) in [6.07, 6.45) is 1.68. The van der Waals surface area contributed by atoms with Crippen molar-refractivity contribution in [3.05, 3.63) is 0 Å². The molecule has 2 atom stereocenters. The molecular formula is C14H24N4O2S. The van der Waals surface area contributed by atoms with Crippen LogP contribution in [0, 0.1) is 5.92 Å². The Morgan fingerprint density at radius 2 is 2.10 bits per heavy atom. The minimum Gasteiger partial charge on any atom is -0.336 e. The molecule has 6 nitrogen and oxygen atoms in total. The Bertz CT molecular complexity index is 452. The van der Waals surface area contributed by atoms with Crippen molar-refractivity contribution in [2.24, 2.45) is 10.9 Å². The summed E-state index contributed by atoms with van der Waals surface area (Å²) in [7, 11) is 1.69. The number of fused-ring (bicyclic) bond motifs is 1. The van der Waals surface area contributed by atoms with Gasteiger partial charge in [-0.3, -0.25) is 10.1 Å². The van der Waals surface area contributed by atoms with Crippen LogP contribution in [0.15, 0.2) is 4.99 Å².